The van der Waals surface area contributed by atoms with Crippen molar-refractivity contribution in [3.05, 3.63) is 108 Å². The van der Waals surface area contributed by atoms with E-state index in [9.17, 15) is 4.79 Å². The van der Waals surface area contributed by atoms with Gasteiger partial charge in [-0.05, 0) is 56.7 Å². The quantitative estimate of drug-likeness (QED) is 0.260. The van der Waals surface area contributed by atoms with Crippen molar-refractivity contribution in [2.75, 3.05) is 20.2 Å². The van der Waals surface area contributed by atoms with Gasteiger partial charge in [0.2, 0.25) is 13.6 Å². The average molecular weight is 579 g/mol. The van der Waals surface area contributed by atoms with Gasteiger partial charge in [-0.3, -0.25) is 4.79 Å². The van der Waals surface area contributed by atoms with Gasteiger partial charge in [0.1, 0.15) is 0 Å². The highest BCUT2D eigenvalue weighted by molar-refractivity contribution is 6.99. The number of hydrogen-bond acceptors (Lipinski definition) is 6. The van der Waals surface area contributed by atoms with Gasteiger partial charge < -0.3 is 23.4 Å². The fraction of sp³-hybridized carbons (Fsp3) is 0.286. The smallest absolute Gasteiger partial charge is 0.261 e. The summed E-state index contributed by atoms with van der Waals surface area (Å²) in [5.74, 6) is 2.62. The standard InChI is InChI=1S/C35H34O6Si/c1-35(2,3)42(25-10-6-4-7-11-25,26-12-8-5-9-13-26)41-20-24-16-29(36)27-18-32-33(40-22-39-32)19-28(27)34(24)23-14-15-30-31(17-23)38-21-37-30/h4-15,17-19,24,34H,16,20-22H2,1-3H3/t24-,34-/m1/s1. The van der Waals surface area contributed by atoms with E-state index in [4.69, 9.17) is 23.4 Å². The van der Waals surface area contributed by atoms with E-state index in [0.29, 0.717) is 30.1 Å². The third-order valence-corrected chi connectivity index (χ3v) is 13.8. The van der Waals surface area contributed by atoms with Crippen molar-refractivity contribution in [3.8, 4) is 23.0 Å². The van der Waals surface area contributed by atoms with Crippen LogP contribution in [0.5, 0.6) is 23.0 Å². The molecule has 2 heterocycles. The van der Waals surface area contributed by atoms with Gasteiger partial charge in [0.25, 0.3) is 8.32 Å². The molecule has 42 heavy (non-hydrogen) atoms. The molecule has 0 radical (unpaired) electrons. The summed E-state index contributed by atoms with van der Waals surface area (Å²) in [5.41, 5.74) is 2.68. The number of carbonyl (C=O) groups is 1. The molecule has 0 amide bonds. The first-order valence-corrected chi connectivity index (χ1v) is 16.4. The molecule has 1 aliphatic carbocycles. The number of fused-ring (bicyclic) bond motifs is 3. The third kappa shape index (κ3) is 4.39. The van der Waals surface area contributed by atoms with Crippen LogP contribution in [0.2, 0.25) is 5.04 Å². The van der Waals surface area contributed by atoms with E-state index in [1.54, 1.807) is 0 Å². The van der Waals surface area contributed by atoms with Crippen LogP contribution in [-0.4, -0.2) is 34.3 Å². The number of rotatable bonds is 6. The molecule has 0 saturated carbocycles. The molecule has 0 fully saturated rings. The molecule has 0 N–H and O–H groups in total. The summed E-state index contributed by atoms with van der Waals surface area (Å²) in [6, 6.07) is 31.2. The Bertz CT molecular complexity index is 1590. The number of carbonyl (C=O) groups excluding carboxylic acids is 1. The van der Waals surface area contributed by atoms with Crippen molar-refractivity contribution in [1.29, 1.82) is 0 Å². The predicted molar refractivity (Wildman–Crippen MR) is 163 cm³/mol. The van der Waals surface area contributed by atoms with E-state index in [2.05, 4.69) is 75.4 Å². The minimum absolute atomic E-state index is 0.0938. The molecule has 4 aromatic rings. The van der Waals surface area contributed by atoms with Crippen molar-refractivity contribution < 1.29 is 28.2 Å². The van der Waals surface area contributed by atoms with E-state index >= 15 is 0 Å². The molecule has 3 aliphatic rings. The first-order valence-electron chi connectivity index (χ1n) is 14.5. The Morgan fingerprint density at radius 1 is 0.738 bits per heavy atom. The maximum Gasteiger partial charge on any atom is 0.261 e. The van der Waals surface area contributed by atoms with Crippen LogP contribution in [0.4, 0.5) is 0 Å². The maximum atomic E-state index is 13.7. The van der Waals surface area contributed by atoms with Crippen LogP contribution in [-0.2, 0) is 4.43 Å². The normalized spacial score (nSPS) is 19.1. The number of ketones is 1. The Balaban J connectivity index is 1.34. The zero-order valence-corrected chi connectivity index (χ0v) is 25.1. The van der Waals surface area contributed by atoms with Gasteiger partial charge in [-0.1, -0.05) is 87.5 Å². The van der Waals surface area contributed by atoms with Crippen molar-refractivity contribution in [2.45, 2.75) is 38.1 Å². The number of hydrogen-bond donors (Lipinski definition) is 0. The second kappa shape index (κ2) is 10.3. The van der Waals surface area contributed by atoms with E-state index in [1.807, 2.05) is 36.4 Å². The molecule has 0 saturated heterocycles. The highest BCUT2D eigenvalue weighted by Gasteiger charge is 2.51. The minimum atomic E-state index is -2.81. The van der Waals surface area contributed by atoms with Crippen LogP contribution in [0, 0.1) is 5.92 Å². The first kappa shape index (κ1) is 26.8. The molecule has 0 bridgehead atoms. The van der Waals surface area contributed by atoms with E-state index in [0.717, 1.165) is 22.6 Å². The van der Waals surface area contributed by atoms with Crippen molar-refractivity contribution in [2.24, 2.45) is 5.92 Å². The van der Waals surface area contributed by atoms with E-state index < -0.39 is 8.32 Å². The van der Waals surface area contributed by atoms with Gasteiger partial charge in [-0.2, -0.15) is 0 Å². The van der Waals surface area contributed by atoms with Crippen LogP contribution in [0.25, 0.3) is 0 Å². The zero-order valence-electron chi connectivity index (χ0n) is 24.1. The van der Waals surface area contributed by atoms with Crippen LogP contribution < -0.4 is 29.3 Å². The van der Waals surface area contributed by atoms with Gasteiger partial charge in [0, 0.05) is 24.5 Å². The summed E-state index contributed by atoms with van der Waals surface area (Å²) >= 11 is 0. The SMILES string of the molecule is CC(C)(C)[Si](OC[C@H]1CC(=O)c2cc3c(cc2[C@@H]1c1ccc2c(c1)OCO2)OCO3)(c1ccccc1)c1ccccc1. The van der Waals surface area contributed by atoms with Crippen molar-refractivity contribution in [1.82, 2.24) is 0 Å². The number of ether oxygens (including phenoxy) is 4. The van der Waals surface area contributed by atoms with Crippen LogP contribution >= 0.6 is 0 Å². The summed E-state index contributed by atoms with van der Waals surface area (Å²) in [7, 11) is -2.81. The largest absolute Gasteiger partial charge is 0.454 e. The molecular weight excluding hydrogens is 544 g/mol. The fourth-order valence-corrected chi connectivity index (χ4v) is 11.5. The molecule has 0 spiro atoms. The topological polar surface area (TPSA) is 63.2 Å². The van der Waals surface area contributed by atoms with E-state index in [1.165, 1.54) is 10.4 Å². The van der Waals surface area contributed by atoms with Gasteiger partial charge >= 0.3 is 0 Å². The Hall–Kier alpha value is -4.07. The number of Topliss-reactive ketones (excluding diaryl/α,β-unsaturated/α-hetero) is 1. The monoisotopic (exact) mass is 578 g/mol. The summed E-state index contributed by atoms with van der Waals surface area (Å²) < 4.78 is 30.2. The lowest BCUT2D eigenvalue weighted by Crippen LogP contribution is -2.67. The Labute approximate surface area is 247 Å². The van der Waals surface area contributed by atoms with Gasteiger partial charge in [0.15, 0.2) is 28.8 Å². The predicted octanol–water partition coefficient (Wildman–Crippen LogP) is 6.06. The molecule has 0 aromatic heterocycles. The molecule has 7 heteroatoms. The van der Waals surface area contributed by atoms with Crippen molar-refractivity contribution >= 4 is 24.5 Å². The molecule has 214 valence electrons. The van der Waals surface area contributed by atoms with Crippen LogP contribution in [0.15, 0.2) is 91.0 Å². The fourth-order valence-electron chi connectivity index (χ4n) is 6.88. The lowest BCUT2D eigenvalue weighted by Gasteiger charge is -2.44. The summed E-state index contributed by atoms with van der Waals surface area (Å²) in [5, 5.41) is 2.26. The van der Waals surface area contributed by atoms with Crippen LogP contribution in [0.3, 0.4) is 0 Å². The molecule has 2 aliphatic heterocycles. The summed E-state index contributed by atoms with van der Waals surface area (Å²) in [6.07, 6.45) is 0.365. The molecule has 7 rings (SSSR count). The van der Waals surface area contributed by atoms with Crippen molar-refractivity contribution in [3.63, 3.8) is 0 Å². The molecule has 2 atom stereocenters. The highest BCUT2D eigenvalue weighted by Crippen LogP contribution is 2.48. The molecule has 0 unspecified atom stereocenters. The third-order valence-electron chi connectivity index (χ3n) is 8.79. The zero-order chi connectivity index (χ0) is 28.9. The summed E-state index contributed by atoms with van der Waals surface area (Å²) in [6.45, 7) is 7.61. The summed E-state index contributed by atoms with van der Waals surface area (Å²) in [4.78, 5) is 13.7. The highest BCUT2D eigenvalue weighted by atomic mass is 28.4. The minimum Gasteiger partial charge on any atom is -0.454 e. The number of benzene rings is 4. The van der Waals surface area contributed by atoms with E-state index in [-0.39, 0.29) is 36.2 Å². The molecule has 4 aromatic carbocycles. The lowest BCUT2D eigenvalue weighted by atomic mass is 9.71. The molecular formula is C35H34O6Si. The van der Waals surface area contributed by atoms with Gasteiger partial charge in [-0.15, -0.1) is 0 Å². The van der Waals surface area contributed by atoms with Gasteiger partial charge in [-0.25, -0.2) is 0 Å². The lowest BCUT2D eigenvalue weighted by molar-refractivity contribution is 0.0911. The molecule has 6 nitrogen and oxygen atoms in total. The Morgan fingerprint density at radius 3 is 1.93 bits per heavy atom. The average Bonchev–Trinajstić information content (AvgIpc) is 3.66. The Morgan fingerprint density at radius 2 is 1.31 bits per heavy atom. The second-order valence-electron chi connectivity index (χ2n) is 12.2. The maximum absolute atomic E-state index is 13.7. The first-order chi connectivity index (χ1) is 20.3. The second-order valence-corrected chi connectivity index (χ2v) is 16.6. The van der Waals surface area contributed by atoms with Gasteiger partial charge in [0.05, 0.1) is 0 Å². The van der Waals surface area contributed by atoms with Crippen LogP contribution in [0.1, 0.15) is 54.6 Å². The Kier molecular flexibility index (Phi) is 6.59.